The summed E-state index contributed by atoms with van der Waals surface area (Å²) in [6, 6.07) is 7.02. The van der Waals surface area contributed by atoms with E-state index in [1.807, 2.05) is 32.9 Å². The van der Waals surface area contributed by atoms with Gasteiger partial charge in [-0.25, -0.2) is 4.79 Å². The van der Waals surface area contributed by atoms with Gasteiger partial charge in [-0.15, -0.1) is 11.8 Å². The van der Waals surface area contributed by atoms with Crippen molar-refractivity contribution < 1.29 is 19.4 Å². The normalized spacial score (nSPS) is 19.1. The van der Waals surface area contributed by atoms with Crippen LogP contribution < -0.4 is 5.32 Å². The fraction of sp³-hybridized carbons (Fsp3) is 0.619. The third-order valence-electron chi connectivity index (χ3n) is 4.58. The molecule has 156 valence electrons. The highest BCUT2D eigenvalue weighted by atomic mass is 32.2. The second kappa shape index (κ2) is 10.3. The van der Waals surface area contributed by atoms with Crippen molar-refractivity contribution in [1.29, 1.82) is 0 Å². The van der Waals surface area contributed by atoms with E-state index in [1.165, 1.54) is 18.9 Å². The molecule has 7 heteroatoms. The van der Waals surface area contributed by atoms with Crippen molar-refractivity contribution in [3.05, 3.63) is 29.8 Å². The van der Waals surface area contributed by atoms with Crippen LogP contribution in [0.1, 0.15) is 50.4 Å². The number of hydrogen-bond donors (Lipinski definition) is 2. The number of likely N-dealkylation sites (tertiary alicyclic amines) is 1. The van der Waals surface area contributed by atoms with Crippen LogP contribution in [0.2, 0.25) is 0 Å². The fourth-order valence-corrected chi connectivity index (χ4v) is 4.30. The number of piperidine rings is 1. The Labute approximate surface area is 172 Å². The lowest BCUT2D eigenvalue weighted by atomic mass is 9.99. The van der Waals surface area contributed by atoms with Crippen LogP contribution in [-0.2, 0) is 9.53 Å². The van der Waals surface area contributed by atoms with Crippen LogP contribution in [-0.4, -0.2) is 65.5 Å². The van der Waals surface area contributed by atoms with Crippen molar-refractivity contribution in [2.75, 3.05) is 26.0 Å². The highest BCUT2D eigenvalue weighted by molar-refractivity contribution is 7.99. The first-order chi connectivity index (χ1) is 13.2. The number of carbonyl (C=O) groups is 2. The first-order valence-corrected chi connectivity index (χ1v) is 10.7. The Morgan fingerprint density at radius 2 is 2.04 bits per heavy atom. The van der Waals surface area contributed by atoms with Gasteiger partial charge in [0, 0.05) is 22.7 Å². The van der Waals surface area contributed by atoms with Gasteiger partial charge in [0.05, 0.1) is 24.8 Å². The van der Waals surface area contributed by atoms with Crippen LogP contribution in [0.15, 0.2) is 29.2 Å². The zero-order chi connectivity index (χ0) is 20.7. The van der Waals surface area contributed by atoms with Gasteiger partial charge in [0.15, 0.2) is 0 Å². The Morgan fingerprint density at radius 1 is 1.32 bits per heavy atom. The number of rotatable bonds is 7. The van der Waals surface area contributed by atoms with E-state index in [0.717, 1.165) is 30.7 Å². The number of hydrogen-bond acceptors (Lipinski definition) is 6. The molecule has 0 radical (unpaired) electrons. The summed E-state index contributed by atoms with van der Waals surface area (Å²) in [6.45, 7) is 7.17. The summed E-state index contributed by atoms with van der Waals surface area (Å²) in [4.78, 5) is 27.4. The Morgan fingerprint density at radius 3 is 2.71 bits per heavy atom. The molecular formula is C21H32N2O4S. The number of amides is 1. The molecule has 6 nitrogen and oxygen atoms in total. The number of ether oxygens (including phenoxy) is 1. The second-order valence-electron chi connectivity index (χ2n) is 8.20. The maximum atomic E-state index is 12.6. The smallest absolute Gasteiger partial charge is 0.338 e. The molecule has 1 aliphatic rings. The van der Waals surface area contributed by atoms with Crippen LogP contribution in [0, 0.1) is 0 Å². The van der Waals surface area contributed by atoms with Crippen LogP contribution >= 0.6 is 11.8 Å². The summed E-state index contributed by atoms with van der Waals surface area (Å²) in [7, 11) is 1.36. The van der Waals surface area contributed by atoms with E-state index in [9.17, 15) is 14.7 Å². The number of thioether (sulfide) groups is 1. The van der Waals surface area contributed by atoms with Crippen molar-refractivity contribution in [3.8, 4) is 0 Å². The van der Waals surface area contributed by atoms with Gasteiger partial charge in [-0.3, -0.25) is 9.69 Å². The van der Waals surface area contributed by atoms with Crippen LogP contribution in [0.25, 0.3) is 0 Å². The summed E-state index contributed by atoms with van der Waals surface area (Å²) in [5.74, 6) is 0.0913. The number of aliphatic hydroxyl groups excluding tert-OH is 1. The standard InChI is InChI=1S/C21H32N2O4S/c1-21(2,3)22-19(25)17-10-7-8-12-23(17)13-15(24)14-28-18-11-6-5-9-16(18)20(26)27-4/h5-6,9,11,15,17,24H,7-8,10,12-14H2,1-4H3,(H,22,25). The van der Waals surface area contributed by atoms with Gasteiger partial charge in [-0.2, -0.15) is 0 Å². The molecule has 0 saturated carbocycles. The zero-order valence-corrected chi connectivity index (χ0v) is 18.1. The van der Waals surface area contributed by atoms with Gasteiger partial charge in [0.1, 0.15) is 0 Å². The maximum Gasteiger partial charge on any atom is 0.338 e. The largest absolute Gasteiger partial charge is 0.465 e. The molecule has 2 atom stereocenters. The third-order valence-corrected chi connectivity index (χ3v) is 5.80. The lowest BCUT2D eigenvalue weighted by Crippen LogP contribution is -2.55. The first-order valence-electron chi connectivity index (χ1n) is 9.75. The van der Waals surface area contributed by atoms with Crippen molar-refractivity contribution in [3.63, 3.8) is 0 Å². The molecule has 28 heavy (non-hydrogen) atoms. The second-order valence-corrected chi connectivity index (χ2v) is 9.26. The summed E-state index contributed by atoms with van der Waals surface area (Å²) in [6.07, 6.45) is 2.27. The molecule has 1 heterocycles. The topological polar surface area (TPSA) is 78.9 Å². The van der Waals surface area contributed by atoms with Crippen molar-refractivity contribution in [2.24, 2.45) is 0 Å². The summed E-state index contributed by atoms with van der Waals surface area (Å²) < 4.78 is 4.82. The molecular weight excluding hydrogens is 376 g/mol. The molecule has 0 bridgehead atoms. The van der Waals surface area contributed by atoms with E-state index >= 15 is 0 Å². The Hall–Kier alpha value is -1.57. The molecule has 1 saturated heterocycles. The van der Waals surface area contributed by atoms with E-state index in [2.05, 4.69) is 10.2 Å². The lowest BCUT2D eigenvalue weighted by Gasteiger charge is -2.37. The monoisotopic (exact) mass is 408 g/mol. The van der Waals surface area contributed by atoms with Crippen LogP contribution in [0.3, 0.4) is 0 Å². The minimum atomic E-state index is -0.598. The highest BCUT2D eigenvalue weighted by Gasteiger charge is 2.31. The van der Waals surface area contributed by atoms with Gasteiger partial charge in [-0.05, 0) is 52.3 Å². The van der Waals surface area contributed by atoms with E-state index in [1.54, 1.807) is 12.1 Å². The van der Waals surface area contributed by atoms with Gasteiger partial charge >= 0.3 is 5.97 Å². The van der Waals surface area contributed by atoms with Crippen LogP contribution in [0.4, 0.5) is 0 Å². The van der Waals surface area contributed by atoms with Crippen molar-refractivity contribution in [1.82, 2.24) is 10.2 Å². The molecule has 2 rings (SSSR count). The van der Waals surface area contributed by atoms with Gasteiger partial charge in [-0.1, -0.05) is 18.6 Å². The molecule has 2 unspecified atom stereocenters. The highest BCUT2D eigenvalue weighted by Crippen LogP contribution is 2.25. The quantitative estimate of drug-likeness (QED) is 0.533. The minimum absolute atomic E-state index is 0.0306. The van der Waals surface area contributed by atoms with Crippen molar-refractivity contribution in [2.45, 2.75) is 62.6 Å². The third kappa shape index (κ3) is 6.79. The van der Waals surface area contributed by atoms with Crippen molar-refractivity contribution >= 4 is 23.6 Å². The number of methoxy groups -OCH3 is 1. The molecule has 1 aromatic carbocycles. The molecule has 0 aromatic heterocycles. The fourth-order valence-electron chi connectivity index (χ4n) is 3.34. The molecule has 1 amide bonds. The molecule has 1 aromatic rings. The van der Waals surface area contributed by atoms with Crippen LogP contribution in [0.5, 0.6) is 0 Å². The Kier molecular flexibility index (Phi) is 8.34. The number of benzene rings is 1. The number of carbonyl (C=O) groups excluding carboxylic acids is 2. The molecule has 0 aliphatic carbocycles. The SMILES string of the molecule is COC(=O)c1ccccc1SCC(O)CN1CCCCC1C(=O)NC(C)(C)C. The summed E-state index contributed by atoms with van der Waals surface area (Å²) in [5, 5.41) is 13.6. The number of β-amino-alcohol motifs (C(OH)–C–C–N with tert-alkyl or cyclic N) is 1. The summed E-state index contributed by atoms with van der Waals surface area (Å²) in [5.41, 5.74) is 0.231. The molecule has 1 fully saturated rings. The summed E-state index contributed by atoms with van der Waals surface area (Å²) >= 11 is 1.43. The van der Waals surface area contributed by atoms with Gasteiger partial charge in [0.25, 0.3) is 0 Å². The average Bonchev–Trinajstić information content (AvgIpc) is 2.65. The van der Waals surface area contributed by atoms with Gasteiger partial charge in [0.2, 0.25) is 5.91 Å². The predicted octanol–water partition coefficient (Wildman–Crippen LogP) is 2.70. The molecule has 1 aliphatic heterocycles. The Bertz CT molecular complexity index is 675. The predicted molar refractivity (Wildman–Crippen MR) is 112 cm³/mol. The Balaban J connectivity index is 1.95. The molecule has 0 spiro atoms. The van der Waals surface area contributed by atoms with E-state index in [4.69, 9.17) is 4.74 Å². The number of nitrogens with one attached hydrogen (secondary N) is 1. The van der Waals surface area contributed by atoms with E-state index < -0.39 is 6.10 Å². The number of nitrogens with zero attached hydrogens (tertiary/aromatic N) is 1. The number of aliphatic hydroxyl groups is 1. The molecule has 2 N–H and O–H groups in total. The number of esters is 1. The van der Waals surface area contributed by atoms with Gasteiger partial charge < -0.3 is 15.2 Å². The maximum absolute atomic E-state index is 12.6. The average molecular weight is 409 g/mol. The first kappa shape index (κ1) is 22.7. The minimum Gasteiger partial charge on any atom is -0.465 e. The zero-order valence-electron chi connectivity index (χ0n) is 17.2. The van der Waals surface area contributed by atoms with E-state index in [0.29, 0.717) is 17.9 Å². The lowest BCUT2D eigenvalue weighted by molar-refractivity contribution is -0.129. The van der Waals surface area contributed by atoms with E-state index in [-0.39, 0.29) is 23.5 Å².